The zero-order valence-electron chi connectivity index (χ0n) is 20.4. The Labute approximate surface area is 210 Å². The Morgan fingerprint density at radius 3 is 1.13 bits per heavy atom. The first kappa shape index (κ1) is 33.0. The molecule has 1 atom stereocenters. The maximum atomic E-state index is 11.3. The van der Waals surface area contributed by atoms with E-state index < -0.39 is 15.1 Å². The molecule has 176 valence electrons. The summed E-state index contributed by atoms with van der Waals surface area (Å²) in [5.41, 5.74) is 0. The molecule has 0 radical (unpaired) electrons. The molecule has 0 saturated carbocycles. The predicted molar refractivity (Wildman–Crippen MR) is 123 cm³/mol. The minimum absolute atomic E-state index is 0. The van der Waals surface area contributed by atoms with Crippen molar-refractivity contribution >= 4 is 10.1 Å². The first-order valence-corrected chi connectivity index (χ1v) is 14.0. The van der Waals surface area contributed by atoms with E-state index in [1.807, 2.05) is 0 Å². The molecule has 0 saturated heterocycles. The normalized spacial score (nSPS) is 13.7. The minimum Gasteiger partial charge on any atom is -0.746 e. The smallest absolute Gasteiger partial charge is 0.746 e. The van der Waals surface area contributed by atoms with E-state index >= 15 is 0 Å². The van der Waals surface area contributed by atoms with Crippen molar-refractivity contribution in [2.75, 3.05) is 0 Å². The second-order valence-electron chi connectivity index (χ2n) is 8.91. The zero-order chi connectivity index (χ0) is 21.8. The van der Waals surface area contributed by atoms with Gasteiger partial charge in [0.05, 0.1) is 0 Å². The van der Waals surface area contributed by atoms with Crippen LogP contribution < -0.4 is 29.6 Å². The van der Waals surface area contributed by atoms with E-state index in [4.69, 9.17) is 0 Å². The van der Waals surface area contributed by atoms with Gasteiger partial charge in [-0.3, -0.25) is 0 Å². The Morgan fingerprint density at radius 1 is 0.567 bits per heavy atom. The number of rotatable bonds is 22. The van der Waals surface area contributed by atoms with E-state index in [-0.39, 0.29) is 42.4 Å². The average Bonchev–Trinajstić information content (AvgIpc) is 2.66. The van der Waals surface area contributed by atoms with Crippen LogP contribution >= 0.6 is 0 Å². The standard InChI is InChI=1S/C24H50O4S.Na/c1-3-5-6-7-8-9-10-11-12-13-14-15-16-17-18-19-20-21-23-24(25,22-4-2)29(26,27)28;/h25H,3-23H2,1-2H3,(H,26,27,28);/q;+1/p-1. The third-order valence-electron chi connectivity index (χ3n) is 6.03. The van der Waals surface area contributed by atoms with E-state index in [0.29, 0.717) is 12.8 Å². The Hall–Kier alpha value is 0.870. The van der Waals surface area contributed by atoms with Gasteiger partial charge >= 0.3 is 29.6 Å². The largest absolute Gasteiger partial charge is 1.00 e. The Morgan fingerprint density at radius 2 is 0.867 bits per heavy atom. The van der Waals surface area contributed by atoms with Crippen molar-refractivity contribution in [2.24, 2.45) is 0 Å². The van der Waals surface area contributed by atoms with Crippen LogP contribution in [0.15, 0.2) is 0 Å². The molecule has 0 aliphatic rings. The van der Waals surface area contributed by atoms with Crippen molar-refractivity contribution in [1.82, 2.24) is 0 Å². The minimum atomic E-state index is -4.64. The Kier molecular flexibility index (Phi) is 23.9. The average molecular weight is 457 g/mol. The molecule has 0 spiro atoms. The van der Waals surface area contributed by atoms with Crippen LogP contribution in [0.3, 0.4) is 0 Å². The summed E-state index contributed by atoms with van der Waals surface area (Å²) >= 11 is 0. The summed E-state index contributed by atoms with van der Waals surface area (Å²) in [7, 11) is -4.64. The third-order valence-corrected chi connectivity index (χ3v) is 7.37. The molecule has 0 bridgehead atoms. The van der Waals surface area contributed by atoms with Gasteiger partial charge in [-0.1, -0.05) is 129 Å². The summed E-state index contributed by atoms with van der Waals surface area (Å²) in [6, 6.07) is 0. The van der Waals surface area contributed by atoms with Gasteiger partial charge in [0.2, 0.25) is 0 Å². The molecule has 0 aromatic heterocycles. The molecule has 0 aliphatic carbocycles. The van der Waals surface area contributed by atoms with Gasteiger partial charge in [-0.25, -0.2) is 8.42 Å². The monoisotopic (exact) mass is 456 g/mol. The van der Waals surface area contributed by atoms with Crippen LogP contribution in [0.5, 0.6) is 0 Å². The van der Waals surface area contributed by atoms with Crippen molar-refractivity contribution < 1.29 is 47.6 Å². The number of unbranched alkanes of at least 4 members (excludes halogenated alkanes) is 17. The van der Waals surface area contributed by atoms with Gasteiger partial charge in [-0.05, 0) is 19.3 Å². The van der Waals surface area contributed by atoms with Crippen LogP contribution in [-0.4, -0.2) is 23.0 Å². The van der Waals surface area contributed by atoms with Crippen molar-refractivity contribution in [3.05, 3.63) is 0 Å². The molecule has 0 aromatic carbocycles. The molecule has 4 nitrogen and oxygen atoms in total. The van der Waals surface area contributed by atoms with Gasteiger partial charge in [0.1, 0.15) is 10.1 Å². The van der Waals surface area contributed by atoms with Crippen LogP contribution in [0.2, 0.25) is 0 Å². The SMILES string of the molecule is CCCCCCCCCCCCCCCCCCCCC(O)(CCC)S(=O)(=O)[O-].[Na+]. The number of aliphatic hydroxyl groups is 1. The topological polar surface area (TPSA) is 77.4 Å². The summed E-state index contributed by atoms with van der Waals surface area (Å²) in [6.07, 6.45) is 23.5. The molecule has 0 aliphatic heterocycles. The van der Waals surface area contributed by atoms with Gasteiger partial charge in [-0.2, -0.15) is 0 Å². The summed E-state index contributed by atoms with van der Waals surface area (Å²) in [5.74, 6) is 0. The van der Waals surface area contributed by atoms with E-state index in [0.717, 1.165) is 19.3 Å². The van der Waals surface area contributed by atoms with Crippen molar-refractivity contribution in [3.8, 4) is 0 Å². The maximum Gasteiger partial charge on any atom is 1.00 e. The fourth-order valence-electron chi connectivity index (χ4n) is 4.07. The van der Waals surface area contributed by atoms with E-state index in [9.17, 15) is 18.1 Å². The maximum absolute atomic E-state index is 11.3. The molecule has 1 unspecified atom stereocenters. The fraction of sp³-hybridized carbons (Fsp3) is 1.00. The molecule has 0 amide bonds. The molecule has 0 heterocycles. The quantitative estimate of drug-likeness (QED) is 0.148. The third kappa shape index (κ3) is 18.4. The van der Waals surface area contributed by atoms with Crippen LogP contribution in [0, 0.1) is 0 Å². The number of hydrogen-bond acceptors (Lipinski definition) is 4. The molecule has 0 aromatic rings. The van der Waals surface area contributed by atoms with Crippen LogP contribution in [0.25, 0.3) is 0 Å². The summed E-state index contributed by atoms with van der Waals surface area (Å²) in [4.78, 5) is -2.06. The predicted octanol–water partition coefficient (Wildman–Crippen LogP) is 4.46. The van der Waals surface area contributed by atoms with Crippen molar-refractivity contribution in [3.63, 3.8) is 0 Å². The molecular weight excluding hydrogens is 407 g/mol. The van der Waals surface area contributed by atoms with E-state index in [2.05, 4.69) is 6.92 Å². The summed E-state index contributed by atoms with van der Waals surface area (Å²) in [5, 5.41) is 10.1. The first-order valence-electron chi connectivity index (χ1n) is 12.5. The summed E-state index contributed by atoms with van der Waals surface area (Å²) < 4.78 is 33.8. The van der Waals surface area contributed by atoms with Gasteiger partial charge in [0.15, 0.2) is 4.93 Å². The fourth-order valence-corrected chi connectivity index (χ4v) is 4.92. The molecule has 1 N–H and O–H groups in total. The van der Waals surface area contributed by atoms with Crippen LogP contribution in [0.1, 0.15) is 149 Å². The molecule has 0 fully saturated rings. The van der Waals surface area contributed by atoms with Crippen LogP contribution in [0.4, 0.5) is 0 Å². The van der Waals surface area contributed by atoms with Crippen LogP contribution in [-0.2, 0) is 10.1 Å². The molecule has 30 heavy (non-hydrogen) atoms. The van der Waals surface area contributed by atoms with E-state index in [1.165, 1.54) is 89.9 Å². The molecule has 0 rings (SSSR count). The zero-order valence-corrected chi connectivity index (χ0v) is 23.2. The van der Waals surface area contributed by atoms with Crippen molar-refractivity contribution in [1.29, 1.82) is 0 Å². The second-order valence-corrected chi connectivity index (χ2v) is 10.6. The Bertz CT molecular complexity index is 456. The second kappa shape index (κ2) is 21.7. The Balaban J connectivity index is 0. The van der Waals surface area contributed by atoms with Gasteiger partial charge < -0.3 is 9.66 Å². The van der Waals surface area contributed by atoms with E-state index in [1.54, 1.807) is 6.92 Å². The number of hydrogen-bond donors (Lipinski definition) is 1. The summed E-state index contributed by atoms with van der Waals surface area (Å²) in [6.45, 7) is 4.05. The molecular formula is C24H49NaO4S. The van der Waals surface area contributed by atoms with Gasteiger partial charge in [0, 0.05) is 0 Å². The first-order chi connectivity index (χ1) is 13.9. The van der Waals surface area contributed by atoms with Gasteiger partial charge in [0.25, 0.3) is 0 Å². The van der Waals surface area contributed by atoms with Crippen molar-refractivity contribution in [2.45, 2.75) is 154 Å². The molecule has 6 heteroatoms. The van der Waals surface area contributed by atoms with Gasteiger partial charge in [-0.15, -0.1) is 0 Å².